The Balaban J connectivity index is 1.89. The fourth-order valence-corrected chi connectivity index (χ4v) is 4.92. The van der Waals surface area contributed by atoms with Crippen molar-refractivity contribution in [2.75, 3.05) is 0 Å². The van der Waals surface area contributed by atoms with Gasteiger partial charge in [-0.05, 0) is 69.5 Å². The summed E-state index contributed by atoms with van der Waals surface area (Å²) in [4.78, 5) is 18.0. The second kappa shape index (κ2) is 8.51. The van der Waals surface area contributed by atoms with E-state index in [1.807, 2.05) is 0 Å². The molecule has 0 aromatic heterocycles. The number of nitrogens with zero attached hydrogens (tertiary/aromatic N) is 1. The first-order valence-electron chi connectivity index (χ1n) is 10.2. The first-order valence-corrected chi connectivity index (χ1v) is 11.8. The Labute approximate surface area is 186 Å². The lowest BCUT2D eigenvalue weighted by Crippen LogP contribution is -2.31. The lowest BCUT2D eigenvalue weighted by atomic mass is 9.84. The zero-order chi connectivity index (χ0) is 24.0. The van der Waals surface area contributed by atoms with E-state index in [-0.39, 0.29) is 4.90 Å². The molecule has 0 saturated heterocycles. The minimum Gasteiger partial charge on any atom is -0.294 e. The summed E-state index contributed by atoms with van der Waals surface area (Å²) in [7, 11) is -3.38. The van der Waals surface area contributed by atoms with Crippen molar-refractivity contribution in [3.63, 3.8) is 0 Å². The van der Waals surface area contributed by atoms with Crippen LogP contribution >= 0.6 is 0 Å². The Kier molecular flexibility index (Phi) is 6.45. The molecule has 5 nitrogen and oxygen atoms in total. The number of carbonyl (C=O) groups excluding carboxylic acids is 1. The topological polar surface area (TPSA) is 63.7 Å². The van der Waals surface area contributed by atoms with Crippen LogP contribution in [0.1, 0.15) is 40.2 Å². The van der Waals surface area contributed by atoms with E-state index in [2.05, 4.69) is 0 Å². The number of allylic oxidation sites excluding steroid dienone is 4. The summed E-state index contributed by atoms with van der Waals surface area (Å²) in [6.45, 7) is 8.63. The van der Waals surface area contributed by atoms with Crippen LogP contribution < -0.4 is 0 Å². The maximum absolute atomic E-state index is 13.3. The largest absolute Gasteiger partial charge is 0.402 e. The minimum atomic E-state index is -4.66. The van der Waals surface area contributed by atoms with Gasteiger partial charge in [0.2, 0.25) is 0 Å². The molecule has 174 valence electrons. The van der Waals surface area contributed by atoms with Crippen molar-refractivity contribution in [2.45, 2.75) is 63.6 Å². The molecule has 2 aliphatic rings. The molecule has 0 fully saturated rings. The summed E-state index contributed by atoms with van der Waals surface area (Å²) >= 11 is 0. The van der Waals surface area contributed by atoms with Gasteiger partial charge in [0.1, 0.15) is 12.0 Å². The third-order valence-corrected chi connectivity index (χ3v) is 7.89. The molecule has 0 amide bonds. The van der Waals surface area contributed by atoms with E-state index in [1.165, 1.54) is 0 Å². The van der Waals surface area contributed by atoms with Crippen LogP contribution in [-0.2, 0) is 26.0 Å². The van der Waals surface area contributed by atoms with Crippen LogP contribution in [0.3, 0.4) is 0 Å². The highest BCUT2D eigenvalue weighted by Crippen LogP contribution is 2.40. The summed E-state index contributed by atoms with van der Waals surface area (Å²) in [6, 6.07) is 6.47. The molecule has 1 aromatic carbocycles. The highest BCUT2D eigenvalue weighted by atomic mass is 32.2. The molecule has 9 heteroatoms. The third kappa shape index (κ3) is 4.54. The summed E-state index contributed by atoms with van der Waals surface area (Å²) in [5, 5.41) is 1.05. The first kappa shape index (κ1) is 24.3. The normalized spacial score (nSPS) is 22.5. The van der Waals surface area contributed by atoms with Gasteiger partial charge in [0.25, 0.3) is 0 Å². The van der Waals surface area contributed by atoms with Gasteiger partial charge < -0.3 is 0 Å². The number of rotatable bonds is 5. The predicted molar refractivity (Wildman–Crippen MR) is 114 cm³/mol. The monoisotopic (exact) mass is 469 g/mol. The van der Waals surface area contributed by atoms with Gasteiger partial charge in [-0.15, -0.1) is 0 Å². The highest BCUT2D eigenvalue weighted by Gasteiger charge is 2.45. The molecule has 3 rings (SSSR count). The highest BCUT2D eigenvalue weighted by molar-refractivity contribution is 7.92. The van der Waals surface area contributed by atoms with Crippen molar-refractivity contribution in [3.05, 3.63) is 64.4 Å². The van der Waals surface area contributed by atoms with Crippen molar-refractivity contribution in [3.8, 4) is 0 Å². The summed E-state index contributed by atoms with van der Waals surface area (Å²) in [5.74, 6) is -3.14. The zero-order valence-electron chi connectivity index (χ0n) is 18.5. The average molecular weight is 470 g/mol. The summed E-state index contributed by atoms with van der Waals surface area (Å²) in [6.07, 6.45) is -3.15. The van der Waals surface area contributed by atoms with Gasteiger partial charge in [0, 0.05) is 11.3 Å². The Morgan fingerprint density at radius 1 is 1.12 bits per heavy atom. The van der Waals surface area contributed by atoms with Crippen LogP contribution in [0.25, 0.3) is 0 Å². The lowest BCUT2D eigenvalue weighted by Gasteiger charge is -2.23. The molecule has 2 atom stereocenters. The van der Waals surface area contributed by atoms with E-state index in [9.17, 15) is 26.4 Å². The van der Waals surface area contributed by atoms with Gasteiger partial charge in [0.05, 0.1) is 16.7 Å². The van der Waals surface area contributed by atoms with Crippen LogP contribution in [-0.4, -0.2) is 36.8 Å². The number of hydrogen-bond acceptors (Lipinski definition) is 5. The molecular formula is C23H26F3NO4S. The number of ketones is 1. The number of carbonyl (C=O) groups is 1. The molecule has 0 bridgehead atoms. The number of hydrogen-bond donors (Lipinski definition) is 0. The zero-order valence-corrected chi connectivity index (χ0v) is 19.3. The van der Waals surface area contributed by atoms with E-state index in [4.69, 9.17) is 4.84 Å². The Morgan fingerprint density at radius 3 is 2.25 bits per heavy atom. The molecule has 1 aliphatic carbocycles. The average Bonchev–Trinajstić information content (AvgIpc) is 2.94. The van der Waals surface area contributed by atoms with E-state index < -0.39 is 39.1 Å². The van der Waals surface area contributed by atoms with Gasteiger partial charge in [-0.25, -0.2) is 8.42 Å². The van der Waals surface area contributed by atoms with Crippen molar-refractivity contribution >= 4 is 15.6 Å². The molecule has 1 heterocycles. The fraction of sp³-hybridized carbons (Fsp3) is 0.435. The van der Waals surface area contributed by atoms with Crippen molar-refractivity contribution in [2.24, 2.45) is 5.92 Å². The van der Waals surface area contributed by atoms with Crippen molar-refractivity contribution in [1.29, 1.82) is 0 Å². The molecule has 2 unspecified atom stereocenters. The molecule has 0 saturated carbocycles. The summed E-state index contributed by atoms with van der Waals surface area (Å²) < 4.78 is 64.5. The maximum Gasteiger partial charge on any atom is 0.402 e. The number of hydroxylamine groups is 2. The number of sulfone groups is 1. The van der Waals surface area contributed by atoms with Gasteiger partial charge in [-0.2, -0.15) is 13.2 Å². The number of alkyl halides is 3. The molecule has 1 aliphatic heterocycles. The molecule has 1 aromatic rings. The summed E-state index contributed by atoms with van der Waals surface area (Å²) in [5.41, 5.74) is 2.85. The van der Waals surface area contributed by atoms with Gasteiger partial charge in [0.15, 0.2) is 15.6 Å². The Bertz CT molecular complexity index is 1110. The van der Waals surface area contributed by atoms with Crippen LogP contribution in [0.4, 0.5) is 13.2 Å². The quantitative estimate of drug-likeness (QED) is 0.613. The number of halogens is 3. The van der Waals surface area contributed by atoms with Crippen LogP contribution in [0.2, 0.25) is 0 Å². The van der Waals surface area contributed by atoms with E-state index >= 15 is 0 Å². The lowest BCUT2D eigenvalue weighted by molar-refractivity contribution is -0.168. The maximum atomic E-state index is 13.3. The molecule has 0 N–H and O–H groups in total. The Hall–Kier alpha value is -2.39. The molecule has 0 radical (unpaired) electrons. The standard InChI is InChI=1S/C23H26F3NO4S/c1-13(2)32(29,30)18-8-6-17(7-9-18)12-27-15(4)22(16(5)31-27)19-11-20(23(24,25)26)21(28)10-14(19)3/h6-11,13,16,20H,12H2,1-5H3. The second-order valence-electron chi connectivity index (χ2n) is 8.35. The van der Waals surface area contributed by atoms with E-state index in [1.54, 1.807) is 63.9 Å². The molecule has 0 spiro atoms. The third-order valence-electron chi connectivity index (χ3n) is 5.72. The Morgan fingerprint density at radius 2 is 1.72 bits per heavy atom. The minimum absolute atomic E-state index is 0.232. The second-order valence-corrected chi connectivity index (χ2v) is 10.9. The molecule has 32 heavy (non-hydrogen) atoms. The van der Waals surface area contributed by atoms with Crippen LogP contribution in [0.15, 0.2) is 63.7 Å². The van der Waals surface area contributed by atoms with Crippen LogP contribution in [0, 0.1) is 5.92 Å². The van der Waals surface area contributed by atoms with Gasteiger partial charge in [-0.3, -0.25) is 14.7 Å². The van der Waals surface area contributed by atoms with E-state index in [0.29, 0.717) is 29.0 Å². The van der Waals surface area contributed by atoms with Gasteiger partial charge in [-0.1, -0.05) is 18.2 Å². The first-order chi connectivity index (χ1) is 14.7. The predicted octanol–water partition coefficient (Wildman–Crippen LogP) is 4.91. The van der Waals surface area contributed by atoms with Crippen molar-refractivity contribution < 1.29 is 31.2 Å². The number of benzene rings is 1. The van der Waals surface area contributed by atoms with E-state index in [0.717, 1.165) is 17.7 Å². The molecular weight excluding hydrogens is 443 g/mol. The SMILES string of the molecule is CC1=CC(=O)C(C(F)(F)F)C=C1C1=C(C)N(Cc2ccc(S(=O)(=O)C(C)C)cc2)OC1C. The fourth-order valence-electron chi connectivity index (χ4n) is 3.86. The van der Waals surface area contributed by atoms with Gasteiger partial charge >= 0.3 is 6.18 Å². The van der Waals surface area contributed by atoms with Crippen LogP contribution in [0.5, 0.6) is 0 Å². The van der Waals surface area contributed by atoms with Crippen molar-refractivity contribution in [1.82, 2.24) is 5.06 Å². The smallest absolute Gasteiger partial charge is 0.294 e.